The molecule has 2 aromatic carbocycles. The first-order valence-corrected chi connectivity index (χ1v) is 12.3. The van der Waals surface area contributed by atoms with Crippen LogP contribution in [0.15, 0.2) is 66.3 Å². The van der Waals surface area contributed by atoms with E-state index in [0.29, 0.717) is 34.0 Å². The van der Waals surface area contributed by atoms with Crippen molar-refractivity contribution >= 4 is 40.9 Å². The number of anilines is 1. The maximum Gasteiger partial charge on any atom is 0.251 e. The van der Waals surface area contributed by atoms with Crippen LogP contribution in [0.5, 0.6) is 0 Å². The van der Waals surface area contributed by atoms with Crippen molar-refractivity contribution in [3.05, 3.63) is 83.2 Å². The largest absolute Gasteiger partial charge is 0.342 e. The van der Waals surface area contributed by atoms with Crippen molar-refractivity contribution in [2.45, 2.75) is 44.4 Å². The Kier molecular flexibility index (Phi) is 8.90. The first kappa shape index (κ1) is 25.5. The van der Waals surface area contributed by atoms with Gasteiger partial charge in [0.2, 0.25) is 5.91 Å². The van der Waals surface area contributed by atoms with Gasteiger partial charge in [0, 0.05) is 22.8 Å². The van der Waals surface area contributed by atoms with Crippen LogP contribution in [-0.2, 0) is 11.3 Å². The third-order valence-corrected chi connectivity index (χ3v) is 6.31. The lowest BCUT2D eigenvalue weighted by molar-refractivity contribution is -0.113. The summed E-state index contributed by atoms with van der Waals surface area (Å²) in [6.45, 7) is 10.3. The van der Waals surface area contributed by atoms with E-state index in [2.05, 4.69) is 41.3 Å². The highest BCUT2D eigenvalue weighted by atomic mass is 35.5. The number of rotatable bonds is 10. The van der Waals surface area contributed by atoms with Crippen LogP contribution in [0.25, 0.3) is 0 Å². The SMILES string of the molecule is C=CCn1c(SCC(=O)Nc2ccc(C(C)C)cc2)nnc1[C@@H](C)NC(=O)c1ccc(Cl)cc1. The Hall–Kier alpha value is -3.10. The van der Waals surface area contributed by atoms with Gasteiger partial charge >= 0.3 is 0 Å². The third kappa shape index (κ3) is 6.71. The highest BCUT2D eigenvalue weighted by molar-refractivity contribution is 7.99. The number of nitrogens with one attached hydrogen (secondary N) is 2. The Labute approximate surface area is 209 Å². The van der Waals surface area contributed by atoms with Crippen molar-refractivity contribution in [3.63, 3.8) is 0 Å². The number of thioether (sulfide) groups is 1. The summed E-state index contributed by atoms with van der Waals surface area (Å²) in [6.07, 6.45) is 1.72. The smallest absolute Gasteiger partial charge is 0.251 e. The van der Waals surface area contributed by atoms with Crippen LogP contribution in [0.4, 0.5) is 5.69 Å². The molecule has 34 heavy (non-hydrogen) atoms. The summed E-state index contributed by atoms with van der Waals surface area (Å²) in [6, 6.07) is 14.1. The summed E-state index contributed by atoms with van der Waals surface area (Å²) in [4.78, 5) is 25.0. The van der Waals surface area contributed by atoms with Gasteiger partial charge in [-0.1, -0.05) is 55.4 Å². The molecule has 0 unspecified atom stereocenters. The van der Waals surface area contributed by atoms with Crippen LogP contribution in [0.1, 0.15) is 54.5 Å². The van der Waals surface area contributed by atoms with Gasteiger partial charge in [-0.15, -0.1) is 16.8 Å². The van der Waals surface area contributed by atoms with Crippen molar-refractivity contribution in [2.75, 3.05) is 11.1 Å². The number of hydrogen-bond donors (Lipinski definition) is 2. The predicted octanol–water partition coefficient (Wildman–Crippen LogP) is 5.46. The molecule has 0 aliphatic rings. The quantitative estimate of drug-likeness (QED) is 0.286. The molecular formula is C25H28ClN5O2S. The molecule has 1 aromatic heterocycles. The van der Waals surface area contributed by atoms with E-state index in [-0.39, 0.29) is 17.6 Å². The average molecular weight is 498 g/mol. The lowest BCUT2D eigenvalue weighted by Crippen LogP contribution is -2.28. The Balaban J connectivity index is 1.63. The highest BCUT2D eigenvalue weighted by Gasteiger charge is 2.20. The van der Waals surface area contributed by atoms with Crippen LogP contribution in [-0.4, -0.2) is 32.3 Å². The van der Waals surface area contributed by atoms with Crippen molar-refractivity contribution in [1.82, 2.24) is 20.1 Å². The van der Waals surface area contributed by atoms with Crippen LogP contribution >= 0.6 is 23.4 Å². The van der Waals surface area contributed by atoms with E-state index >= 15 is 0 Å². The van der Waals surface area contributed by atoms with Crippen molar-refractivity contribution < 1.29 is 9.59 Å². The molecule has 0 radical (unpaired) electrons. The van der Waals surface area contributed by atoms with Crippen LogP contribution in [0, 0.1) is 0 Å². The molecule has 2 N–H and O–H groups in total. The molecule has 0 saturated heterocycles. The molecule has 0 spiro atoms. The molecule has 178 valence electrons. The number of allylic oxidation sites excluding steroid dienone is 1. The summed E-state index contributed by atoms with van der Waals surface area (Å²) in [7, 11) is 0. The van der Waals surface area contributed by atoms with Crippen molar-refractivity contribution in [2.24, 2.45) is 0 Å². The summed E-state index contributed by atoms with van der Waals surface area (Å²) in [5, 5.41) is 15.5. The van der Waals surface area contributed by atoms with Gasteiger partial charge in [0.15, 0.2) is 11.0 Å². The number of aromatic nitrogens is 3. The predicted molar refractivity (Wildman–Crippen MR) is 137 cm³/mol. The monoisotopic (exact) mass is 497 g/mol. The fraction of sp³-hybridized carbons (Fsp3) is 0.280. The molecule has 0 aliphatic carbocycles. The molecule has 7 nitrogen and oxygen atoms in total. The Morgan fingerprint density at radius 2 is 1.76 bits per heavy atom. The van der Waals surface area contributed by atoms with Gasteiger partial charge in [0.1, 0.15) is 0 Å². The molecule has 3 aromatic rings. The molecule has 3 rings (SSSR count). The lowest BCUT2D eigenvalue weighted by atomic mass is 10.0. The van der Waals surface area contributed by atoms with Crippen LogP contribution < -0.4 is 10.6 Å². The molecule has 1 heterocycles. The minimum Gasteiger partial charge on any atom is -0.342 e. The number of carbonyl (C=O) groups excluding carboxylic acids is 2. The van der Waals surface area contributed by atoms with Crippen molar-refractivity contribution in [3.8, 4) is 0 Å². The lowest BCUT2D eigenvalue weighted by Gasteiger charge is -2.15. The summed E-state index contributed by atoms with van der Waals surface area (Å²) >= 11 is 7.18. The number of benzene rings is 2. The number of nitrogens with zero attached hydrogens (tertiary/aromatic N) is 3. The fourth-order valence-corrected chi connectivity index (χ4v) is 4.13. The Bertz CT molecular complexity index is 1140. The van der Waals surface area contributed by atoms with E-state index in [0.717, 1.165) is 5.69 Å². The van der Waals surface area contributed by atoms with E-state index in [1.165, 1.54) is 17.3 Å². The minimum atomic E-state index is -0.404. The molecule has 1 atom stereocenters. The van der Waals surface area contributed by atoms with Gasteiger partial charge in [0.05, 0.1) is 11.8 Å². The molecule has 2 amide bonds. The maximum absolute atomic E-state index is 12.6. The van der Waals surface area contributed by atoms with Gasteiger partial charge in [-0.25, -0.2) is 0 Å². The van der Waals surface area contributed by atoms with Gasteiger partial charge in [-0.3, -0.25) is 9.59 Å². The standard InChI is InChI=1S/C25H28ClN5O2S/c1-5-14-31-23(17(4)27-24(33)19-6-10-20(26)11-7-19)29-30-25(31)34-15-22(32)28-21-12-8-18(9-13-21)16(2)3/h5-13,16-17H,1,14-15H2,2-4H3,(H,27,33)(H,28,32)/t17-/m1/s1. The number of carbonyl (C=O) groups is 2. The first-order chi connectivity index (χ1) is 16.3. The molecule has 0 saturated carbocycles. The second-order valence-corrected chi connectivity index (χ2v) is 9.43. The summed E-state index contributed by atoms with van der Waals surface area (Å²) < 4.78 is 1.84. The zero-order valence-electron chi connectivity index (χ0n) is 19.4. The van der Waals surface area contributed by atoms with E-state index < -0.39 is 6.04 Å². The number of halogens is 1. The third-order valence-electron chi connectivity index (χ3n) is 5.09. The molecule has 0 fully saturated rings. The zero-order chi connectivity index (χ0) is 24.7. The molecule has 9 heteroatoms. The topological polar surface area (TPSA) is 88.9 Å². The Morgan fingerprint density at radius 3 is 2.38 bits per heavy atom. The highest BCUT2D eigenvalue weighted by Crippen LogP contribution is 2.22. The van der Waals surface area contributed by atoms with Gasteiger partial charge < -0.3 is 15.2 Å². The Morgan fingerprint density at radius 1 is 1.09 bits per heavy atom. The zero-order valence-corrected chi connectivity index (χ0v) is 21.0. The molecular weight excluding hydrogens is 470 g/mol. The molecule has 0 bridgehead atoms. The van der Waals surface area contributed by atoms with Crippen molar-refractivity contribution in [1.29, 1.82) is 0 Å². The first-order valence-electron chi connectivity index (χ1n) is 10.9. The van der Waals surface area contributed by atoms with Gasteiger partial charge in [0.25, 0.3) is 5.91 Å². The summed E-state index contributed by atoms with van der Waals surface area (Å²) in [5.41, 5.74) is 2.47. The van der Waals surface area contributed by atoms with Gasteiger partial charge in [-0.2, -0.15) is 0 Å². The second-order valence-electron chi connectivity index (χ2n) is 8.06. The average Bonchev–Trinajstić information content (AvgIpc) is 3.21. The van der Waals surface area contributed by atoms with Gasteiger partial charge in [-0.05, 0) is 54.8 Å². The minimum absolute atomic E-state index is 0.138. The normalized spacial score (nSPS) is 11.8. The summed E-state index contributed by atoms with van der Waals surface area (Å²) in [5.74, 6) is 0.807. The number of hydrogen-bond acceptors (Lipinski definition) is 5. The molecule has 0 aliphatic heterocycles. The van der Waals surface area contributed by atoms with E-state index in [1.807, 2.05) is 35.8 Å². The fourth-order valence-electron chi connectivity index (χ4n) is 3.25. The second kappa shape index (κ2) is 11.9. The maximum atomic E-state index is 12.6. The van der Waals surface area contributed by atoms with E-state index in [1.54, 1.807) is 30.3 Å². The van der Waals surface area contributed by atoms with E-state index in [9.17, 15) is 9.59 Å². The van der Waals surface area contributed by atoms with E-state index in [4.69, 9.17) is 11.6 Å². The van der Waals surface area contributed by atoms with Crippen LogP contribution in [0.3, 0.4) is 0 Å². The number of amides is 2. The van der Waals surface area contributed by atoms with Crippen LogP contribution in [0.2, 0.25) is 5.02 Å².